The SMILES string of the molecule is CCN1CSC(C)N1C. The molecule has 0 aromatic carbocycles. The van der Waals surface area contributed by atoms with Crippen LogP contribution in [0, 0.1) is 0 Å². The van der Waals surface area contributed by atoms with E-state index in [0.29, 0.717) is 5.37 Å². The monoisotopic (exact) mass is 146 g/mol. The van der Waals surface area contributed by atoms with E-state index in [1.165, 1.54) is 0 Å². The lowest BCUT2D eigenvalue weighted by atomic mass is 10.7. The first-order valence-electron chi connectivity index (χ1n) is 3.35. The van der Waals surface area contributed by atoms with Gasteiger partial charge in [0.25, 0.3) is 0 Å². The zero-order chi connectivity index (χ0) is 6.85. The fourth-order valence-corrected chi connectivity index (χ4v) is 2.04. The lowest BCUT2D eigenvalue weighted by Crippen LogP contribution is -2.36. The van der Waals surface area contributed by atoms with Crippen molar-refractivity contribution >= 4 is 11.8 Å². The van der Waals surface area contributed by atoms with E-state index in [4.69, 9.17) is 0 Å². The van der Waals surface area contributed by atoms with E-state index in [9.17, 15) is 0 Å². The summed E-state index contributed by atoms with van der Waals surface area (Å²) in [6.45, 7) is 5.56. The average molecular weight is 146 g/mol. The third kappa shape index (κ3) is 1.39. The highest BCUT2D eigenvalue weighted by Gasteiger charge is 2.23. The van der Waals surface area contributed by atoms with E-state index >= 15 is 0 Å². The van der Waals surface area contributed by atoms with Crippen LogP contribution in [0.3, 0.4) is 0 Å². The van der Waals surface area contributed by atoms with Crippen LogP contribution in [0.5, 0.6) is 0 Å². The topological polar surface area (TPSA) is 6.48 Å². The van der Waals surface area contributed by atoms with Gasteiger partial charge in [-0.3, -0.25) is 0 Å². The second-order valence-corrected chi connectivity index (χ2v) is 3.57. The Labute approximate surface area is 61.2 Å². The molecule has 1 rings (SSSR count). The zero-order valence-electron chi connectivity index (χ0n) is 6.29. The molecule has 9 heavy (non-hydrogen) atoms. The number of hydrogen-bond acceptors (Lipinski definition) is 3. The minimum atomic E-state index is 0.671. The molecular weight excluding hydrogens is 132 g/mol. The predicted molar refractivity (Wildman–Crippen MR) is 42.1 cm³/mol. The van der Waals surface area contributed by atoms with E-state index in [-0.39, 0.29) is 0 Å². The smallest absolute Gasteiger partial charge is 0.0681 e. The fraction of sp³-hybridized carbons (Fsp3) is 1.00. The molecule has 54 valence electrons. The van der Waals surface area contributed by atoms with Gasteiger partial charge in [0.1, 0.15) is 0 Å². The van der Waals surface area contributed by atoms with Crippen LogP contribution in [0.4, 0.5) is 0 Å². The van der Waals surface area contributed by atoms with Crippen LogP contribution < -0.4 is 0 Å². The van der Waals surface area contributed by atoms with Crippen molar-refractivity contribution in [2.24, 2.45) is 0 Å². The molecule has 1 aliphatic heterocycles. The Kier molecular flexibility index (Phi) is 2.38. The van der Waals surface area contributed by atoms with Crippen molar-refractivity contribution in [2.75, 3.05) is 19.5 Å². The van der Waals surface area contributed by atoms with Crippen molar-refractivity contribution in [2.45, 2.75) is 19.2 Å². The third-order valence-corrected chi connectivity index (χ3v) is 3.04. The van der Waals surface area contributed by atoms with Gasteiger partial charge in [0, 0.05) is 13.6 Å². The molecular formula is C6H14N2S. The summed E-state index contributed by atoms with van der Waals surface area (Å²) >= 11 is 1.99. The molecule has 0 bridgehead atoms. The molecule has 2 nitrogen and oxygen atoms in total. The first-order chi connectivity index (χ1) is 4.25. The Morgan fingerprint density at radius 3 is 2.56 bits per heavy atom. The van der Waals surface area contributed by atoms with Crippen LogP contribution in [-0.2, 0) is 0 Å². The normalized spacial score (nSPS) is 31.7. The van der Waals surface area contributed by atoms with E-state index in [1.54, 1.807) is 0 Å². The number of thioether (sulfide) groups is 1. The zero-order valence-corrected chi connectivity index (χ0v) is 7.11. The van der Waals surface area contributed by atoms with Gasteiger partial charge in [-0.05, 0) is 6.92 Å². The van der Waals surface area contributed by atoms with Gasteiger partial charge in [0.15, 0.2) is 0 Å². The van der Waals surface area contributed by atoms with Crippen molar-refractivity contribution in [3.8, 4) is 0 Å². The average Bonchev–Trinajstić information content (AvgIpc) is 2.15. The van der Waals surface area contributed by atoms with Crippen LogP contribution in [0.1, 0.15) is 13.8 Å². The Morgan fingerprint density at radius 2 is 2.33 bits per heavy atom. The maximum atomic E-state index is 2.34. The largest absolute Gasteiger partial charge is 0.231 e. The first-order valence-corrected chi connectivity index (χ1v) is 4.40. The van der Waals surface area contributed by atoms with Gasteiger partial charge in [-0.15, -0.1) is 11.8 Å². The van der Waals surface area contributed by atoms with Gasteiger partial charge < -0.3 is 0 Å². The summed E-state index contributed by atoms with van der Waals surface area (Å²) in [5.74, 6) is 1.16. The second-order valence-electron chi connectivity index (χ2n) is 2.29. The Hall–Kier alpha value is 0.270. The van der Waals surface area contributed by atoms with Crippen molar-refractivity contribution in [1.29, 1.82) is 0 Å². The van der Waals surface area contributed by atoms with Crippen molar-refractivity contribution < 1.29 is 0 Å². The molecule has 0 aromatic rings. The Bertz CT molecular complexity index is 97.1. The van der Waals surface area contributed by atoms with Crippen molar-refractivity contribution in [3.63, 3.8) is 0 Å². The standard InChI is InChI=1S/C6H14N2S/c1-4-8-5-9-6(2)7(8)3/h6H,4-5H2,1-3H3. The molecule has 1 saturated heterocycles. The van der Waals surface area contributed by atoms with Crippen LogP contribution in [0.25, 0.3) is 0 Å². The minimum Gasteiger partial charge on any atom is -0.231 e. The Morgan fingerprint density at radius 1 is 1.67 bits per heavy atom. The molecule has 1 aliphatic rings. The van der Waals surface area contributed by atoms with Gasteiger partial charge in [-0.2, -0.15) is 0 Å². The van der Waals surface area contributed by atoms with Gasteiger partial charge >= 0.3 is 0 Å². The summed E-state index contributed by atoms with van der Waals surface area (Å²) in [6.07, 6.45) is 0. The highest BCUT2D eigenvalue weighted by atomic mass is 32.2. The van der Waals surface area contributed by atoms with Crippen LogP contribution in [0.15, 0.2) is 0 Å². The highest BCUT2D eigenvalue weighted by molar-refractivity contribution is 7.99. The number of rotatable bonds is 1. The summed E-state index contributed by atoms with van der Waals surface area (Å²) in [4.78, 5) is 0. The number of nitrogens with zero attached hydrogens (tertiary/aromatic N) is 2. The molecule has 0 amide bonds. The van der Waals surface area contributed by atoms with Gasteiger partial charge in [0.2, 0.25) is 0 Å². The molecule has 3 heteroatoms. The summed E-state index contributed by atoms with van der Waals surface area (Å²) in [6, 6.07) is 0. The third-order valence-electron chi connectivity index (χ3n) is 1.80. The second kappa shape index (κ2) is 2.90. The summed E-state index contributed by atoms with van der Waals surface area (Å²) in [7, 11) is 2.15. The van der Waals surface area contributed by atoms with Gasteiger partial charge in [-0.1, -0.05) is 6.92 Å². The first kappa shape index (κ1) is 7.38. The summed E-state index contributed by atoms with van der Waals surface area (Å²) in [5.41, 5.74) is 0. The van der Waals surface area contributed by atoms with E-state index in [0.717, 1.165) is 12.4 Å². The van der Waals surface area contributed by atoms with E-state index in [1.807, 2.05) is 11.8 Å². The maximum Gasteiger partial charge on any atom is 0.0681 e. The molecule has 0 spiro atoms. The molecule has 0 aromatic heterocycles. The lowest BCUT2D eigenvalue weighted by Gasteiger charge is -2.23. The minimum absolute atomic E-state index is 0.671. The van der Waals surface area contributed by atoms with Crippen LogP contribution in [0.2, 0.25) is 0 Å². The molecule has 0 aliphatic carbocycles. The van der Waals surface area contributed by atoms with Crippen molar-refractivity contribution in [3.05, 3.63) is 0 Å². The molecule has 1 unspecified atom stereocenters. The molecule has 1 heterocycles. The van der Waals surface area contributed by atoms with Crippen molar-refractivity contribution in [1.82, 2.24) is 10.0 Å². The highest BCUT2D eigenvalue weighted by Crippen LogP contribution is 2.24. The molecule has 0 N–H and O–H groups in total. The number of hydrazine groups is 1. The van der Waals surface area contributed by atoms with E-state index in [2.05, 4.69) is 30.9 Å². The van der Waals surface area contributed by atoms with Crippen LogP contribution in [-0.4, -0.2) is 34.9 Å². The maximum absolute atomic E-state index is 2.34. The molecule has 0 saturated carbocycles. The quantitative estimate of drug-likeness (QED) is 0.549. The summed E-state index contributed by atoms with van der Waals surface area (Å²) in [5, 5.41) is 5.31. The predicted octanol–water partition coefficient (Wildman–Crippen LogP) is 1.21. The lowest BCUT2D eigenvalue weighted by molar-refractivity contribution is 0.0370. The molecule has 1 atom stereocenters. The van der Waals surface area contributed by atoms with E-state index < -0.39 is 0 Å². The molecule has 1 fully saturated rings. The Balaban J connectivity index is 2.41. The summed E-state index contributed by atoms with van der Waals surface area (Å²) < 4.78 is 0. The van der Waals surface area contributed by atoms with Gasteiger partial charge in [0.05, 0.1) is 11.3 Å². The number of hydrogen-bond donors (Lipinski definition) is 0. The van der Waals surface area contributed by atoms with Crippen LogP contribution >= 0.6 is 11.8 Å². The fourth-order valence-electron chi connectivity index (χ4n) is 0.937. The molecule has 0 radical (unpaired) electrons. The van der Waals surface area contributed by atoms with Gasteiger partial charge in [-0.25, -0.2) is 10.0 Å².